The topological polar surface area (TPSA) is 84.1 Å². The molecule has 0 radical (unpaired) electrons. The number of aryl methyl sites for hydroxylation is 1. The monoisotopic (exact) mass is 363 g/mol. The van der Waals surface area contributed by atoms with E-state index in [0.717, 1.165) is 35.5 Å². The summed E-state index contributed by atoms with van der Waals surface area (Å²) in [6, 6.07) is 2.02. The SMILES string of the molecule is C[C@@H]1CCN(C(=O)c2cnn(C)c2)C[C@@H]1c1ncc2cnc3[nH]ccc3n12. The standard InChI is InChI=1S/C19H21N7O/c1-12-4-6-25(19(27)13-7-23-24(2)10-13)11-15(12)18-22-9-14-8-21-17-16(26(14)18)3-5-20-17/h3,5,7-10,12,15,20H,4,6,11H2,1-2H3/t12-,15+/m1/s1. The number of aromatic amines is 1. The van der Waals surface area contributed by atoms with E-state index >= 15 is 0 Å². The number of fused-ring (bicyclic) bond motifs is 3. The minimum absolute atomic E-state index is 0.0364. The van der Waals surface area contributed by atoms with Crippen molar-refractivity contribution in [2.45, 2.75) is 19.3 Å². The Bertz CT molecular complexity index is 1140. The molecule has 5 rings (SSSR count). The van der Waals surface area contributed by atoms with Crippen molar-refractivity contribution in [3.63, 3.8) is 0 Å². The van der Waals surface area contributed by atoms with Crippen LogP contribution in [0.15, 0.2) is 37.1 Å². The Balaban J connectivity index is 1.53. The van der Waals surface area contributed by atoms with Gasteiger partial charge in [0.15, 0.2) is 5.65 Å². The summed E-state index contributed by atoms with van der Waals surface area (Å²) >= 11 is 0. The Labute approximate surface area is 155 Å². The average molecular weight is 363 g/mol. The van der Waals surface area contributed by atoms with E-state index in [0.29, 0.717) is 18.0 Å². The summed E-state index contributed by atoms with van der Waals surface area (Å²) in [5.74, 6) is 1.64. The van der Waals surface area contributed by atoms with Gasteiger partial charge in [-0.1, -0.05) is 6.92 Å². The van der Waals surface area contributed by atoms with E-state index in [9.17, 15) is 4.79 Å². The Morgan fingerprint density at radius 3 is 2.93 bits per heavy atom. The molecule has 1 saturated heterocycles. The van der Waals surface area contributed by atoms with Gasteiger partial charge in [-0.05, 0) is 18.4 Å². The van der Waals surface area contributed by atoms with Crippen molar-refractivity contribution < 1.29 is 4.79 Å². The van der Waals surface area contributed by atoms with Gasteiger partial charge < -0.3 is 9.88 Å². The maximum absolute atomic E-state index is 12.9. The molecule has 138 valence electrons. The van der Waals surface area contributed by atoms with Crippen LogP contribution in [0.1, 0.15) is 35.4 Å². The molecule has 4 aromatic rings. The predicted molar refractivity (Wildman–Crippen MR) is 100 cm³/mol. The van der Waals surface area contributed by atoms with Crippen molar-refractivity contribution in [3.05, 3.63) is 48.4 Å². The molecule has 1 N–H and O–H groups in total. The number of carbonyl (C=O) groups is 1. The van der Waals surface area contributed by atoms with Crippen LogP contribution in [0.5, 0.6) is 0 Å². The van der Waals surface area contributed by atoms with Gasteiger partial charge in [0.25, 0.3) is 5.91 Å². The number of hydrogen-bond donors (Lipinski definition) is 1. The minimum Gasteiger partial charge on any atom is -0.345 e. The van der Waals surface area contributed by atoms with Gasteiger partial charge in [0.05, 0.1) is 35.2 Å². The molecule has 4 aromatic heterocycles. The van der Waals surface area contributed by atoms with E-state index in [1.54, 1.807) is 17.1 Å². The molecular formula is C19H21N7O. The zero-order valence-corrected chi connectivity index (χ0v) is 15.3. The summed E-state index contributed by atoms with van der Waals surface area (Å²) in [7, 11) is 1.82. The molecule has 27 heavy (non-hydrogen) atoms. The number of nitrogens with one attached hydrogen (secondary N) is 1. The van der Waals surface area contributed by atoms with Gasteiger partial charge in [-0.3, -0.25) is 13.9 Å². The number of piperidine rings is 1. The molecule has 1 amide bonds. The average Bonchev–Trinajstić information content (AvgIpc) is 3.39. The highest BCUT2D eigenvalue weighted by atomic mass is 16.2. The van der Waals surface area contributed by atoms with Crippen molar-refractivity contribution in [1.29, 1.82) is 0 Å². The number of carbonyl (C=O) groups excluding carboxylic acids is 1. The fourth-order valence-corrected chi connectivity index (χ4v) is 4.07. The van der Waals surface area contributed by atoms with Crippen molar-refractivity contribution in [2.24, 2.45) is 13.0 Å². The van der Waals surface area contributed by atoms with Crippen LogP contribution in [0.3, 0.4) is 0 Å². The zero-order valence-electron chi connectivity index (χ0n) is 15.3. The van der Waals surface area contributed by atoms with Crippen LogP contribution >= 0.6 is 0 Å². The van der Waals surface area contributed by atoms with Crippen molar-refractivity contribution in [3.8, 4) is 0 Å². The first kappa shape index (κ1) is 16.0. The van der Waals surface area contributed by atoms with Gasteiger partial charge in [0, 0.05) is 38.4 Å². The summed E-state index contributed by atoms with van der Waals surface area (Å²) in [5, 5.41) is 4.13. The molecule has 0 saturated carbocycles. The lowest BCUT2D eigenvalue weighted by molar-refractivity contribution is 0.0665. The van der Waals surface area contributed by atoms with Crippen LogP contribution in [-0.4, -0.2) is 53.0 Å². The number of rotatable bonds is 2. The molecule has 5 heterocycles. The van der Waals surface area contributed by atoms with Gasteiger partial charge in [-0.15, -0.1) is 0 Å². The summed E-state index contributed by atoms with van der Waals surface area (Å²) in [6.07, 6.45) is 9.95. The number of H-pyrrole nitrogens is 1. The lowest BCUT2D eigenvalue weighted by Crippen LogP contribution is -2.42. The molecule has 8 nitrogen and oxygen atoms in total. The second kappa shape index (κ2) is 5.94. The Morgan fingerprint density at radius 2 is 2.11 bits per heavy atom. The molecule has 0 spiro atoms. The minimum atomic E-state index is 0.0364. The molecule has 0 bridgehead atoms. The zero-order chi connectivity index (χ0) is 18.5. The maximum atomic E-state index is 12.9. The lowest BCUT2D eigenvalue weighted by Gasteiger charge is -2.36. The number of nitrogens with zero attached hydrogens (tertiary/aromatic N) is 6. The smallest absolute Gasteiger partial charge is 0.257 e. The fourth-order valence-electron chi connectivity index (χ4n) is 4.07. The van der Waals surface area contributed by atoms with Gasteiger partial charge >= 0.3 is 0 Å². The quantitative estimate of drug-likeness (QED) is 0.592. The van der Waals surface area contributed by atoms with Crippen LogP contribution in [0.4, 0.5) is 0 Å². The Hall–Kier alpha value is -3.16. The van der Waals surface area contributed by atoms with Crippen LogP contribution in [0.2, 0.25) is 0 Å². The number of likely N-dealkylation sites (tertiary alicyclic amines) is 1. The highest BCUT2D eigenvalue weighted by Gasteiger charge is 2.33. The van der Waals surface area contributed by atoms with Crippen LogP contribution in [0, 0.1) is 5.92 Å². The molecular weight excluding hydrogens is 342 g/mol. The van der Waals surface area contributed by atoms with E-state index in [1.165, 1.54) is 0 Å². The van der Waals surface area contributed by atoms with Crippen molar-refractivity contribution in [1.82, 2.24) is 34.0 Å². The third-order valence-corrected chi connectivity index (χ3v) is 5.62. The van der Waals surface area contributed by atoms with E-state index in [-0.39, 0.29) is 11.8 Å². The number of imidazole rings is 1. The van der Waals surface area contributed by atoms with E-state index in [1.807, 2.05) is 36.6 Å². The molecule has 1 fully saturated rings. The normalized spacial score (nSPS) is 20.6. The van der Waals surface area contributed by atoms with E-state index in [2.05, 4.69) is 26.4 Å². The first-order valence-electron chi connectivity index (χ1n) is 9.19. The largest absolute Gasteiger partial charge is 0.345 e. The predicted octanol–water partition coefficient (Wildman–Crippen LogP) is 2.21. The molecule has 0 aliphatic carbocycles. The van der Waals surface area contributed by atoms with Crippen LogP contribution < -0.4 is 0 Å². The van der Waals surface area contributed by atoms with Crippen molar-refractivity contribution in [2.75, 3.05) is 13.1 Å². The molecule has 8 heteroatoms. The van der Waals surface area contributed by atoms with E-state index < -0.39 is 0 Å². The summed E-state index contributed by atoms with van der Waals surface area (Å²) < 4.78 is 3.83. The summed E-state index contributed by atoms with van der Waals surface area (Å²) in [5.41, 5.74) is 3.47. The summed E-state index contributed by atoms with van der Waals surface area (Å²) in [6.45, 7) is 3.66. The second-order valence-electron chi connectivity index (χ2n) is 7.37. The van der Waals surface area contributed by atoms with Gasteiger partial charge in [-0.25, -0.2) is 9.97 Å². The Morgan fingerprint density at radius 1 is 1.26 bits per heavy atom. The van der Waals surface area contributed by atoms with Crippen LogP contribution in [0.25, 0.3) is 16.7 Å². The van der Waals surface area contributed by atoms with Gasteiger partial charge in [-0.2, -0.15) is 5.10 Å². The maximum Gasteiger partial charge on any atom is 0.257 e. The second-order valence-corrected chi connectivity index (χ2v) is 7.37. The lowest BCUT2D eigenvalue weighted by atomic mass is 9.86. The van der Waals surface area contributed by atoms with Crippen LogP contribution in [-0.2, 0) is 7.05 Å². The molecule has 1 aliphatic heterocycles. The molecule has 0 unspecified atom stereocenters. The third kappa shape index (κ3) is 2.51. The first-order chi connectivity index (χ1) is 13.1. The molecule has 1 aliphatic rings. The number of amides is 1. The fraction of sp³-hybridized carbons (Fsp3) is 0.368. The van der Waals surface area contributed by atoms with Gasteiger partial charge in [0.1, 0.15) is 5.82 Å². The third-order valence-electron chi connectivity index (χ3n) is 5.62. The molecule has 0 aromatic carbocycles. The van der Waals surface area contributed by atoms with Crippen molar-refractivity contribution >= 4 is 22.6 Å². The first-order valence-corrected chi connectivity index (χ1v) is 9.19. The number of aromatic nitrogens is 6. The Kier molecular flexibility index (Phi) is 3.53. The summed E-state index contributed by atoms with van der Waals surface area (Å²) in [4.78, 5) is 27.2. The molecule has 2 atom stereocenters. The highest BCUT2D eigenvalue weighted by Crippen LogP contribution is 2.33. The van der Waals surface area contributed by atoms with Gasteiger partial charge in [0.2, 0.25) is 0 Å². The van der Waals surface area contributed by atoms with E-state index in [4.69, 9.17) is 4.98 Å². The number of hydrogen-bond acceptors (Lipinski definition) is 4. The highest BCUT2D eigenvalue weighted by molar-refractivity contribution is 5.93.